The van der Waals surface area contributed by atoms with Gasteiger partial charge in [0.2, 0.25) is 0 Å². The summed E-state index contributed by atoms with van der Waals surface area (Å²) < 4.78 is 11.4. The molecule has 0 N–H and O–H groups in total. The predicted molar refractivity (Wildman–Crippen MR) is 61.7 cm³/mol. The topological polar surface area (TPSA) is 18.5 Å². The van der Waals surface area contributed by atoms with Crippen molar-refractivity contribution in [1.82, 2.24) is 0 Å². The minimum absolute atomic E-state index is 0.0380. The zero-order valence-corrected chi connectivity index (χ0v) is 10.3. The van der Waals surface area contributed by atoms with Gasteiger partial charge in [0, 0.05) is 6.61 Å². The molecule has 15 heavy (non-hydrogen) atoms. The monoisotopic (exact) mass is 210 g/mol. The van der Waals surface area contributed by atoms with Crippen molar-refractivity contribution in [3.8, 4) is 0 Å². The third-order valence-corrected chi connectivity index (χ3v) is 2.28. The molecule has 0 spiro atoms. The Morgan fingerprint density at radius 1 is 1.40 bits per heavy atom. The lowest BCUT2D eigenvalue weighted by molar-refractivity contribution is -0.201. The second kappa shape index (κ2) is 5.50. The lowest BCUT2D eigenvalue weighted by Gasteiger charge is -2.30. The van der Waals surface area contributed by atoms with Crippen molar-refractivity contribution in [2.45, 2.75) is 58.8 Å². The van der Waals surface area contributed by atoms with Gasteiger partial charge in [-0.15, -0.1) is 5.73 Å². The summed E-state index contributed by atoms with van der Waals surface area (Å²) in [4.78, 5) is 0. The van der Waals surface area contributed by atoms with Crippen LogP contribution in [0.5, 0.6) is 0 Å². The van der Waals surface area contributed by atoms with E-state index in [1.807, 2.05) is 33.8 Å². The molecule has 1 unspecified atom stereocenters. The summed E-state index contributed by atoms with van der Waals surface area (Å²) in [5, 5.41) is 0. The number of rotatable bonds is 3. The molecule has 0 amide bonds. The van der Waals surface area contributed by atoms with Gasteiger partial charge in [-0.25, -0.2) is 0 Å². The fraction of sp³-hybridized carbons (Fsp3) is 0.769. The van der Waals surface area contributed by atoms with Gasteiger partial charge in [0.25, 0.3) is 0 Å². The summed E-state index contributed by atoms with van der Waals surface area (Å²) in [6.07, 6.45) is 5.30. The smallest absolute Gasteiger partial charge is 0.158 e. The van der Waals surface area contributed by atoms with E-state index in [2.05, 4.69) is 5.73 Å². The lowest BCUT2D eigenvalue weighted by Crippen LogP contribution is -2.32. The van der Waals surface area contributed by atoms with E-state index in [0.717, 1.165) is 25.0 Å². The first-order chi connectivity index (χ1) is 6.99. The Kier molecular flexibility index (Phi) is 4.59. The van der Waals surface area contributed by atoms with Gasteiger partial charge in [0.05, 0.1) is 5.60 Å². The van der Waals surface area contributed by atoms with E-state index in [4.69, 9.17) is 9.47 Å². The second-order valence-corrected chi connectivity index (χ2v) is 4.81. The molecular formula is C13H22O2. The molecular weight excluding hydrogens is 188 g/mol. The van der Waals surface area contributed by atoms with Gasteiger partial charge < -0.3 is 9.47 Å². The quantitative estimate of drug-likeness (QED) is 0.664. The van der Waals surface area contributed by atoms with Crippen LogP contribution in [-0.2, 0) is 9.47 Å². The Balaban J connectivity index is 2.51. The zero-order chi connectivity index (χ0) is 11.3. The Morgan fingerprint density at radius 3 is 2.67 bits per heavy atom. The number of hydrogen-bond donors (Lipinski definition) is 0. The molecule has 86 valence electrons. The molecule has 0 aromatic heterocycles. The molecule has 1 fully saturated rings. The van der Waals surface area contributed by atoms with Crippen molar-refractivity contribution in [2.24, 2.45) is 0 Å². The van der Waals surface area contributed by atoms with Gasteiger partial charge in [0.15, 0.2) is 6.29 Å². The highest BCUT2D eigenvalue weighted by atomic mass is 16.7. The first-order valence-electron chi connectivity index (χ1n) is 5.70. The first kappa shape index (κ1) is 12.5. The highest BCUT2D eigenvalue weighted by Crippen LogP contribution is 2.21. The minimum Gasteiger partial charge on any atom is -0.353 e. The Bertz CT molecular complexity index is 250. The van der Waals surface area contributed by atoms with Crippen molar-refractivity contribution in [1.29, 1.82) is 0 Å². The van der Waals surface area contributed by atoms with Gasteiger partial charge >= 0.3 is 0 Å². The molecule has 1 saturated heterocycles. The van der Waals surface area contributed by atoms with E-state index >= 15 is 0 Å². The summed E-state index contributed by atoms with van der Waals surface area (Å²) in [6, 6.07) is 0. The molecule has 0 aromatic carbocycles. The van der Waals surface area contributed by atoms with Gasteiger partial charge in [-0.3, -0.25) is 0 Å². The Morgan fingerprint density at radius 2 is 2.13 bits per heavy atom. The third-order valence-electron chi connectivity index (χ3n) is 2.28. The van der Waals surface area contributed by atoms with Gasteiger partial charge in [-0.2, -0.15) is 0 Å². The number of hydrogen-bond acceptors (Lipinski definition) is 2. The van der Waals surface area contributed by atoms with Gasteiger partial charge in [0.1, 0.15) is 0 Å². The van der Waals surface area contributed by atoms with E-state index < -0.39 is 0 Å². The maximum absolute atomic E-state index is 5.88. The molecule has 0 saturated carbocycles. The van der Waals surface area contributed by atoms with Crippen LogP contribution in [0.25, 0.3) is 0 Å². The summed E-state index contributed by atoms with van der Waals surface area (Å²) in [5.41, 5.74) is 4.06. The summed E-state index contributed by atoms with van der Waals surface area (Å²) in [6.45, 7) is 8.97. The van der Waals surface area contributed by atoms with E-state index in [-0.39, 0.29) is 11.9 Å². The predicted octanol–water partition coefficient (Wildman–Crippen LogP) is 3.43. The van der Waals surface area contributed by atoms with Crippen LogP contribution >= 0.6 is 0 Å². The fourth-order valence-corrected chi connectivity index (χ4v) is 1.50. The van der Waals surface area contributed by atoms with Crippen LogP contribution in [0.15, 0.2) is 17.4 Å². The summed E-state index contributed by atoms with van der Waals surface area (Å²) in [5.74, 6) is 0. The van der Waals surface area contributed by atoms with Crippen molar-refractivity contribution in [2.75, 3.05) is 6.61 Å². The SMILES string of the molecule is CC(C)=C=CC(C)(C)OC1CCCCO1. The Labute approximate surface area is 93.0 Å². The van der Waals surface area contributed by atoms with Gasteiger partial charge in [-0.1, -0.05) is 0 Å². The van der Waals surface area contributed by atoms with Crippen LogP contribution in [-0.4, -0.2) is 18.5 Å². The fourth-order valence-electron chi connectivity index (χ4n) is 1.50. The van der Waals surface area contributed by atoms with Crippen LogP contribution in [0.4, 0.5) is 0 Å². The van der Waals surface area contributed by atoms with Crippen LogP contribution in [0.2, 0.25) is 0 Å². The first-order valence-corrected chi connectivity index (χ1v) is 5.70. The molecule has 1 aliphatic rings. The molecule has 0 aromatic rings. The zero-order valence-electron chi connectivity index (χ0n) is 10.3. The lowest BCUT2D eigenvalue weighted by atomic mass is 10.1. The molecule has 0 aliphatic carbocycles. The molecule has 2 heteroatoms. The second-order valence-electron chi connectivity index (χ2n) is 4.81. The molecule has 0 radical (unpaired) electrons. The van der Waals surface area contributed by atoms with E-state index in [9.17, 15) is 0 Å². The molecule has 1 atom stereocenters. The molecule has 1 rings (SSSR count). The van der Waals surface area contributed by atoms with Crippen LogP contribution < -0.4 is 0 Å². The average molecular weight is 210 g/mol. The molecule has 1 heterocycles. The van der Waals surface area contributed by atoms with Crippen molar-refractivity contribution in [3.05, 3.63) is 17.4 Å². The van der Waals surface area contributed by atoms with E-state index in [1.165, 1.54) is 6.42 Å². The van der Waals surface area contributed by atoms with Crippen LogP contribution in [0.1, 0.15) is 47.0 Å². The van der Waals surface area contributed by atoms with Crippen molar-refractivity contribution >= 4 is 0 Å². The normalized spacial score (nSPS) is 22.0. The van der Waals surface area contributed by atoms with E-state index in [0.29, 0.717) is 0 Å². The summed E-state index contributed by atoms with van der Waals surface area (Å²) >= 11 is 0. The maximum Gasteiger partial charge on any atom is 0.158 e. The molecule has 1 aliphatic heterocycles. The highest BCUT2D eigenvalue weighted by molar-refractivity contribution is 5.01. The van der Waals surface area contributed by atoms with Crippen LogP contribution in [0, 0.1) is 0 Å². The third kappa shape index (κ3) is 5.17. The summed E-state index contributed by atoms with van der Waals surface area (Å²) in [7, 11) is 0. The molecule has 2 nitrogen and oxygen atoms in total. The van der Waals surface area contributed by atoms with E-state index in [1.54, 1.807) is 0 Å². The largest absolute Gasteiger partial charge is 0.353 e. The molecule has 0 bridgehead atoms. The number of ether oxygens (including phenoxy) is 2. The minimum atomic E-state index is -0.292. The maximum atomic E-state index is 5.88. The average Bonchev–Trinajstić information content (AvgIpc) is 2.16. The van der Waals surface area contributed by atoms with Gasteiger partial charge in [-0.05, 0) is 58.6 Å². The van der Waals surface area contributed by atoms with Crippen molar-refractivity contribution in [3.63, 3.8) is 0 Å². The highest BCUT2D eigenvalue weighted by Gasteiger charge is 2.23. The Hall–Kier alpha value is -0.560. The van der Waals surface area contributed by atoms with Crippen molar-refractivity contribution < 1.29 is 9.47 Å². The standard InChI is InChI=1S/C13H22O2/c1-11(2)8-9-13(3,4)15-12-7-5-6-10-14-12/h9,12H,5-7,10H2,1-4H3. The van der Waals surface area contributed by atoms with Crippen LogP contribution in [0.3, 0.4) is 0 Å².